The van der Waals surface area contributed by atoms with Crippen LogP contribution in [0.2, 0.25) is 0 Å². The summed E-state index contributed by atoms with van der Waals surface area (Å²) >= 11 is 0. The molecule has 0 aliphatic rings. The molecular weight excluding hydrogens is 270 g/mol. The predicted molar refractivity (Wildman–Crippen MR) is 84.7 cm³/mol. The second-order valence-corrected chi connectivity index (χ2v) is 8.09. The predicted octanol–water partition coefficient (Wildman–Crippen LogP) is 3.49. The van der Waals surface area contributed by atoms with Crippen molar-refractivity contribution in [3.8, 4) is 0 Å². The molecule has 0 spiro atoms. The summed E-state index contributed by atoms with van der Waals surface area (Å²) in [6.07, 6.45) is 4.17. The highest BCUT2D eigenvalue weighted by Gasteiger charge is 2.20. The first-order chi connectivity index (χ1) is 9.43. The van der Waals surface area contributed by atoms with Crippen LogP contribution in [0.1, 0.15) is 57.9 Å². The van der Waals surface area contributed by atoms with Gasteiger partial charge in [0.15, 0.2) is 9.84 Å². The highest BCUT2D eigenvalue weighted by Crippen LogP contribution is 2.28. The minimum absolute atomic E-state index is 0.383. The summed E-state index contributed by atoms with van der Waals surface area (Å²) in [4.78, 5) is 0.443. The first-order valence-electron chi connectivity index (χ1n) is 7.47. The lowest BCUT2D eigenvalue weighted by atomic mass is 9.90. The monoisotopic (exact) mass is 297 g/mol. The number of hydrogen-bond donors (Lipinski definition) is 1. The average molecular weight is 297 g/mol. The number of benzene rings is 1. The fourth-order valence-corrected chi connectivity index (χ4v) is 3.52. The fraction of sp³-hybridized carbons (Fsp3) is 0.625. The standard InChI is InChI=1S/C16H27NO2S/c1-4-7-14(9-6-11-17)15-8-5-10-16(12-15)20(18,19)13(2)3/h5,8,10,12-14H,4,6-7,9,11,17H2,1-3H3. The van der Waals surface area contributed by atoms with Crippen molar-refractivity contribution in [3.63, 3.8) is 0 Å². The Morgan fingerprint density at radius 2 is 1.90 bits per heavy atom. The van der Waals surface area contributed by atoms with Crippen molar-refractivity contribution in [2.24, 2.45) is 5.73 Å². The van der Waals surface area contributed by atoms with Gasteiger partial charge in [0, 0.05) is 0 Å². The summed E-state index contributed by atoms with van der Waals surface area (Å²) in [5.74, 6) is 0.408. The molecule has 0 aliphatic heterocycles. The van der Waals surface area contributed by atoms with E-state index in [0.717, 1.165) is 31.2 Å². The van der Waals surface area contributed by atoms with Gasteiger partial charge in [0.1, 0.15) is 0 Å². The average Bonchev–Trinajstić information content (AvgIpc) is 2.43. The van der Waals surface area contributed by atoms with E-state index in [2.05, 4.69) is 6.92 Å². The lowest BCUT2D eigenvalue weighted by Crippen LogP contribution is -2.14. The molecule has 0 fully saturated rings. The summed E-state index contributed by atoms with van der Waals surface area (Å²) in [5, 5.41) is -0.383. The van der Waals surface area contributed by atoms with Crippen LogP contribution < -0.4 is 5.73 Å². The van der Waals surface area contributed by atoms with Gasteiger partial charge >= 0.3 is 0 Å². The Morgan fingerprint density at radius 3 is 2.45 bits per heavy atom. The van der Waals surface area contributed by atoms with Crippen molar-refractivity contribution in [1.82, 2.24) is 0 Å². The highest BCUT2D eigenvalue weighted by molar-refractivity contribution is 7.92. The van der Waals surface area contributed by atoms with Gasteiger partial charge in [0.2, 0.25) is 0 Å². The van der Waals surface area contributed by atoms with Gasteiger partial charge < -0.3 is 5.73 Å². The number of rotatable bonds is 8. The third-order valence-electron chi connectivity index (χ3n) is 3.67. The Hall–Kier alpha value is -0.870. The lowest BCUT2D eigenvalue weighted by Gasteiger charge is -2.18. The van der Waals surface area contributed by atoms with Gasteiger partial charge in [-0.15, -0.1) is 0 Å². The van der Waals surface area contributed by atoms with E-state index < -0.39 is 9.84 Å². The molecule has 0 aromatic heterocycles. The third-order valence-corrected chi connectivity index (χ3v) is 5.82. The number of nitrogens with two attached hydrogens (primary N) is 1. The summed E-state index contributed by atoms with van der Waals surface area (Å²) in [6, 6.07) is 7.45. The van der Waals surface area contributed by atoms with E-state index in [4.69, 9.17) is 5.73 Å². The van der Waals surface area contributed by atoms with Gasteiger partial charge in [-0.25, -0.2) is 8.42 Å². The molecule has 1 unspecified atom stereocenters. The van der Waals surface area contributed by atoms with E-state index in [-0.39, 0.29) is 5.25 Å². The molecule has 0 bridgehead atoms. The van der Waals surface area contributed by atoms with Gasteiger partial charge in [-0.1, -0.05) is 25.5 Å². The summed E-state index contributed by atoms with van der Waals surface area (Å²) in [7, 11) is -3.19. The molecular formula is C16H27NO2S. The highest BCUT2D eigenvalue weighted by atomic mass is 32.2. The second-order valence-electron chi connectivity index (χ2n) is 5.58. The smallest absolute Gasteiger partial charge is 0.180 e. The van der Waals surface area contributed by atoms with Crippen LogP contribution in [0.3, 0.4) is 0 Å². The molecule has 0 saturated heterocycles. The van der Waals surface area contributed by atoms with Crippen LogP contribution in [0.5, 0.6) is 0 Å². The first-order valence-corrected chi connectivity index (χ1v) is 9.02. The molecule has 3 nitrogen and oxygen atoms in total. The largest absolute Gasteiger partial charge is 0.330 e. The first kappa shape index (κ1) is 17.2. The quantitative estimate of drug-likeness (QED) is 0.799. The molecule has 1 aromatic carbocycles. The fourth-order valence-electron chi connectivity index (χ4n) is 2.41. The maximum atomic E-state index is 12.3. The van der Waals surface area contributed by atoms with Gasteiger partial charge in [-0.3, -0.25) is 0 Å². The van der Waals surface area contributed by atoms with Gasteiger partial charge in [-0.2, -0.15) is 0 Å². The molecule has 4 heteroatoms. The van der Waals surface area contributed by atoms with Crippen LogP contribution in [0, 0.1) is 0 Å². The maximum Gasteiger partial charge on any atom is 0.180 e. The van der Waals surface area contributed by atoms with Crippen molar-refractivity contribution in [2.75, 3.05) is 6.54 Å². The Balaban J connectivity index is 3.06. The van der Waals surface area contributed by atoms with Crippen molar-refractivity contribution in [2.45, 2.75) is 62.5 Å². The van der Waals surface area contributed by atoms with E-state index in [1.54, 1.807) is 19.9 Å². The zero-order valence-electron chi connectivity index (χ0n) is 12.8. The molecule has 114 valence electrons. The molecule has 0 amide bonds. The molecule has 0 aliphatic carbocycles. The minimum atomic E-state index is -3.19. The van der Waals surface area contributed by atoms with Crippen LogP contribution >= 0.6 is 0 Å². The number of hydrogen-bond acceptors (Lipinski definition) is 3. The number of sulfone groups is 1. The molecule has 2 N–H and O–H groups in total. The van der Waals surface area contributed by atoms with Crippen molar-refractivity contribution in [3.05, 3.63) is 29.8 Å². The second kappa shape index (κ2) is 7.79. The normalized spacial score (nSPS) is 13.7. The molecule has 1 atom stereocenters. The van der Waals surface area contributed by atoms with Crippen LogP contribution in [-0.2, 0) is 9.84 Å². The Morgan fingerprint density at radius 1 is 1.20 bits per heavy atom. The SMILES string of the molecule is CCCC(CCCN)c1cccc(S(=O)(=O)C(C)C)c1. The molecule has 20 heavy (non-hydrogen) atoms. The third kappa shape index (κ3) is 4.32. The zero-order chi connectivity index (χ0) is 15.2. The Kier molecular flexibility index (Phi) is 6.69. The van der Waals surface area contributed by atoms with E-state index >= 15 is 0 Å². The van der Waals surface area contributed by atoms with Crippen LogP contribution in [0.15, 0.2) is 29.2 Å². The summed E-state index contributed by atoms with van der Waals surface area (Å²) < 4.78 is 24.5. The molecule has 1 aromatic rings. The van der Waals surface area contributed by atoms with Crippen LogP contribution in [-0.4, -0.2) is 20.2 Å². The lowest BCUT2D eigenvalue weighted by molar-refractivity contribution is 0.548. The Bertz CT molecular complexity index is 509. The summed E-state index contributed by atoms with van der Waals surface area (Å²) in [6.45, 7) is 6.29. The molecule has 0 saturated carbocycles. The van der Waals surface area contributed by atoms with Crippen LogP contribution in [0.25, 0.3) is 0 Å². The van der Waals surface area contributed by atoms with E-state index in [1.807, 2.05) is 18.2 Å². The minimum Gasteiger partial charge on any atom is -0.330 e. The zero-order valence-corrected chi connectivity index (χ0v) is 13.6. The van der Waals surface area contributed by atoms with Crippen molar-refractivity contribution < 1.29 is 8.42 Å². The van der Waals surface area contributed by atoms with E-state index in [0.29, 0.717) is 17.4 Å². The summed E-state index contributed by atoms with van der Waals surface area (Å²) in [5.41, 5.74) is 6.72. The Labute approximate surface area is 123 Å². The van der Waals surface area contributed by atoms with E-state index in [9.17, 15) is 8.42 Å². The van der Waals surface area contributed by atoms with Crippen molar-refractivity contribution in [1.29, 1.82) is 0 Å². The maximum absolute atomic E-state index is 12.3. The molecule has 0 radical (unpaired) electrons. The topological polar surface area (TPSA) is 60.2 Å². The van der Waals surface area contributed by atoms with Gasteiger partial charge in [0.25, 0.3) is 0 Å². The van der Waals surface area contributed by atoms with Crippen LogP contribution in [0.4, 0.5) is 0 Å². The molecule has 0 heterocycles. The van der Waals surface area contributed by atoms with Crippen molar-refractivity contribution >= 4 is 9.84 Å². The van der Waals surface area contributed by atoms with E-state index in [1.165, 1.54) is 0 Å². The van der Waals surface area contributed by atoms with Gasteiger partial charge in [-0.05, 0) is 63.3 Å². The molecule has 1 rings (SSSR count). The van der Waals surface area contributed by atoms with Gasteiger partial charge in [0.05, 0.1) is 10.1 Å².